The first-order valence-electron chi connectivity index (χ1n) is 6.06. The van der Waals surface area contributed by atoms with E-state index >= 15 is 0 Å². The molecule has 1 aliphatic heterocycles. The summed E-state index contributed by atoms with van der Waals surface area (Å²) in [7, 11) is 1.65. The maximum Gasteiger partial charge on any atom is 0.227 e. The number of rotatable bonds is 3. The van der Waals surface area contributed by atoms with E-state index in [9.17, 15) is 4.79 Å². The smallest absolute Gasteiger partial charge is 0.227 e. The van der Waals surface area contributed by atoms with Gasteiger partial charge in [0, 0.05) is 20.1 Å². The van der Waals surface area contributed by atoms with Gasteiger partial charge < -0.3 is 16.0 Å². The van der Waals surface area contributed by atoms with Gasteiger partial charge in [0.2, 0.25) is 5.91 Å². The lowest BCUT2D eigenvalue weighted by Crippen LogP contribution is -2.39. The highest BCUT2D eigenvalue weighted by Gasteiger charge is 2.40. The van der Waals surface area contributed by atoms with Crippen molar-refractivity contribution in [2.24, 2.45) is 11.1 Å². The zero-order valence-corrected chi connectivity index (χ0v) is 11.8. The number of carbonyl (C=O) groups is 1. The van der Waals surface area contributed by atoms with Gasteiger partial charge in [0.25, 0.3) is 0 Å². The number of thiocarbonyl (C=S) groups is 1. The number of hydrogen-bond donors (Lipinski definition) is 2. The number of amides is 1. The molecule has 0 saturated carbocycles. The zero-order chi connectivity index (χ0) is 14.0. The molecule has 0 radical (unpaired) electrons. The van der Waals surface area contributed by atoms with Crippen molar-refractivity contribution in [1.82, 2.24) is 15.5 Å². The van der Waals surface area contributed by atoms with E-state index in [1.54, 1.807) is 19.3 Å². The lowest BCUT2D eigenvalue weighted by Gasteiger charge is -2.24. The average Bonchev–Trinajstić information content (AvgIpc) is 2.81. The fourth-order valence-corrected chi connectivity index (χ4v) is 2.54. The van der Waals surface area contributed by atoms with Gasteiger partial charge in [-0.3, -0.25) is 4.79 Å². The molecule has 6 nitrogen and oxygen atoms in total. The van der Waals surface area contributed by atoms with Gasteiger partial charge in [0.05, 0.1) is 17.2 Å². The average molecular weight is 279 g/mol. The van der Waals surface area contributed by atoms with E-state index in [1.807, 2.05) is 11.8 Å². The molecule has 1 aromatic rings. The summed E-state index contributed by atoms with van der Waals surface area (Å²) in [4.78, 5) is 14.2. The van der Waals surface area contributed by atoms with E-state index in [0.29, 0.717) is 22.9 Å². The maximum atomic E-state index is 11.9. The van der Waals surface area contributed by atoms with E-state index in [0.717, 1.165) is 13.0 Å². The highest BCUT2D eigenvalue weighted by atomic mass is 32.1. The van der Waals surface area contributed by atoms with Crippen LogP contribution in [0.5, 0.6) is 0 Å². The summed E-state index contributed by atoms with van der Waals surface area (Å²) in [5.41, 5.74) is 5.98. The minimum atomic E-state index is -0.417. The van der Waals surface area contributed by atoms with Gasteiger partial charge in [-0.05, 0) is 19.4 Å². The third kappa shape index (κ3) is 2.51. The highest BCUT2D eigenvalue weighted by molar-refractivity contribution is 7.80. The second-order valence-electron chi connectivity index (χ2n) is 4.94. The molecule has 0 spiro atoms. The molecule has 1 aromatic heterocycles. The molecule has 1 saturated heterocycles. The number of carbonyl (C=O) groups excluding carboxylic acids is 1. The Kier molecular flexibility index (Phi) is 3.66. The van der Waals surface area contributed by atoms with Gasteiger partial charge >= 0.3 is 0 Å². The largest absolute Gasteiger partial charge is 0.389 e. The molecular formula is C12H17N5OS. The van der Waals surface area contributed by atoms with Gasteiger partial charge in [0.15, 0.2) is 5.82 Å². The minimum Gasteiger partial charge on any atom is -0.389 e. The lowest BCUT2D eigenvalue weighted by molar-refractivity contribution is -0.128. The molecule has 3 N–H and O–H groups in total. The first-order chi connectivity index (χ1) is 8.98. The van der Waals surface area contributed by atoms with Crippen LogP contribution in [0.15, 0.2) is 12.3 Å². The first kappa shape index (κ1) is 13.7. The van der Waals surface area contributed by atoms with Crippen LogP contribution in [-0.4, -0.2) is 41.2 Å². The van der Waals surface area contributed by atoms with Crippen LogP contribution in [0.25, 0.3) is 0 Å². The predicted octanol–water partition coefficient (Wildman–Crippen LogP) is 0.0732. The van der Waals surface area contributed by atoms with Crippen LogP contribution in [0.1, 0.15) is 18.9 Å². The first-order valence-corrected chi connectivity index (χ1v) is 6.47. The number of aromatic nitrogens is 2. The fraction of sp³-hybridized carbons (Fsp3) is 0.500. The van der Waals surface area contributed by atoms with Crippen LogP contribution in [0, 0.1) is 5.41 Å². The number of hydrogen-bond acceptors (Lipinski definition) is 5. The molecule has 2 rings (SSSR count). The van der Waals surface area contributed by atoms with E-state index < -0.39 is 5.41 Å². The van der Waals surface area contributed by atoms with E-state index in [4.69, 9.17) is 18.0 Å². The number of nitrogens with two attached hydrogens (primary N) is 1. The standard InChI is InChI=1S/C12H17N5OS/c1-12(11(18)14-2)4-6-17(7-12)10-8(9(13)19)3-5-15-16-10/h3,5H,4,6-7H2,1-2H3,(H2,13,19)(H,14,18). The van der Waals surface area contributed by atoms with Gasteiger partial charge in [-0.25, -0.2) is 0 Å². The van der Waals surface area contributed by atoms with Gasteiger partial charge in [-0.2, -0.15) is 5.10 Å². The van der Waals surface area contributed by atoms with E-state index in [-0.39, 0.29) is 5.91 Å². The molecule has 19 heavy (non-hydrogen) atoms. The molecule has 1 aliphatic rings. The van der Waals surface area contributed by atoms with Crippen molar-refractivity contribution < 1.29 is 4.79 Å². The van der Waals surface area contributed by atoms with E-state index in [2.05, 4.69) is 15.5 Å². The normalized spacial score (nSPS) is 22.3. The number of anilines is 1. The van der Waals surface area contributed by atoms with Crippen molar-refractivity contribution in [2.75, 3.05) is 25.0 Å². The molecule has 0 bridgehead atoms. The van der Waals surface area contributed by atoms with Crippen molar-refractivity contribution in [3.05, 3.63) is 17.8 Å². The summed E-state index contributed by atoms with van der Waals surface area (Å²) >= 11 is 5.02. The summed E-state index contributed by atoms with van der Waals surface area (Å²) in [5.74, 6) is 0.693. The summed E-state index contributed by atoms with van der Waals surface area (Å²) in [5, 5.41) is 10.7. The van der Waals surface area contributed by atoms with Crippen molar-refractivity contribution in [3.63, 3.8) is 0 Å². The molecule has 1 fully saturated rings. The summed E-state index contributed by atoms with van der Waals surface area (Å²) in [6.45, 7) is 3.27. The van der Waals surface area contributed by atoms with E-state index in [1.165, 1.54) is 0 Å². The molecule has 1 atom stereocenters. The zero-order valence-electron chi connectivity index (χ0n) is 11.0. The molecule has 0 aromatic carbocycles. The molecule has 7 heteroatoms. The topological polar surface area (TPSA) is 84.1 Å². The molecule has 0 aliphatic carbocycles. The Balaban J connectivity index is 2.27. The third-order valence-corrected chi connectivity index (χ3v) is 3.73. The Hall–Kier alpha value is -1.76. The predicted molar refractivity (Wildman–Crippen MR) is 76.9 cm³/mol. The number of nitrogens with zero attached hydrogens (tertiary/aromatic N) is 3. The second kappa shape index (κ2) is 5.08. The quantitative estimate of drug-likeness (QED) is 0.762. The minimum absolute atomic E-state index is 0.0377. The van der Waals surface area contributed by atoms with Crippen molar-refractivity contribution in [2.45, 2.75) is 13.3 Å². The number of nitrogens with one attached hydrogen (secondary N) is 1. The SMILES string of the molecule is CNC(=O)C1(C)CCN(c2nnccc2C(N)=S)C1. The van der Waals surface area contributed by atoms with Crippen LogP contribution >= 0.6 is 12.2 Å². The van der Waals surface area contributed by atoms with Crippen LogP contribution < -0.4 is 16.0 Å². The summed E-state index contributed by atoms with van der Waals surface area (Å²) in [6.07, 6.45) is 2.33. The maximum absolute atomic E-state index is 11.9. The molecule has 2 heterocycles. The Morgan fingerprint density at radius 1 is 1.63 bits per heavy atom. The fourth-order valence-electron chi connectivity index (χ4n) is 2.38. The van der Waals surface area contributed by atoms with Gasteiger partial charge in [-0.15, -0.1) is 5.10 Å². The van der Waals surface area contributed by atoms with Crippen molar-refractivity contribution in [3.8, 4) is 0 Å². The lowest BCUT2D eigenvalue weighted by atomic mass is 9.89. The summed E-state index contributed by atoms with van der Waals surface area (Å²) in [6, 6.07) is 1.75. The highest BCUT2D eigenvalue weighted by Crippen LogP contribution is 2.33. The molecular weight excluding hydrogens is 262 g/mol. The Morgan fingerprint density at radius 2 is 2.37 bits per heavy atom. The van der Waals surface area contributed by atoms with Crippen LogP contribution in [-0.2, 0) is 4.79 Å². The van der Waals surface area contributed by atoms with Crippen LogP contribution in [0.2, 0.25) is 0 Å². The van der Waals surface area contributed by atoms with Crippen molar-refractivity contribution in [1.29, 1.82) is 0 Å². The van der Waals surface area contributed by atoms with Crippen molar-refractivity contribution >= 4 is 28.9 Å². The summed E-state index contributed by atoms with van der Waals surface area (Å²) < 4.78 is 0. The monoisotopic (exact) mass is 279 g/mol. The molecule has 1 unspecified atom stereocenters. The van der Waals surface area contributed by atoms with Crippen LogP contribution in [0.4, 0.5) is 5.82 Å². The Labute approximate surface area is 117 Å². The third-order valence-electron chi connectivity index (χ3n) is 3.51. The van der Waals surface area contributed by atoms with Crippen LogP contribution in [0.3, 0.4) is 0 Å². The second-order valence-corrected chi connectivity index (χ2v) is 5.38. The molecule has 102 valence electrons. The van der Waals surface area contributed by atoms with Gasteiger partial charge in [-0.1, -0.05) is 12.2 Å². The Morgan fingerprint density at radius 3 is 3.00 bits per heavy atom. The molecule has 1 amide bonds. The Bertz CT molecular complexity index is 521. The van der Waals surface area contributed by atoms with Gasteiger partial charge in [0.1, 0.15) is 4.99 Å².